The average molecular weight is 816 g/mol. The third kappa shape index (κ3) is 18.2. The van der Waals surface area contributed by atoms with Crippen molar-refractivity contribution in [1.29, 1.82) is 0 Å². The van der Waals surface area contributed by atoms with Gasteiger partial charge in [-0.15, -0.1) is 0 Å². The van der Waals surface area contributed by atoms with Crippen molar-refractivity contribution in [2.75, 3.05) is 19.8 Å². The second-order valence-electron chi connectivity index (χ2n) is 14.9. The number of benzene rings is 3. The van der Waals surface area contributed by atoms with Gasteiger partial charge < -0.3 is 34.6 Å². The molecular formula is C48H69N3O8. The van der Waals surface area contributed by atoms with Crippen molar-refractivity contribution in [3.8, 4) is 68.7 Å². The predicted molar refractivity (Wildman–Crippen MR) is 236 cm³/mol. The second-order valence-corrected chi connectivity index (χ2v) is 14.9. The smallest absolute Gasteiger partial charge is 0.303 e. The number of nitrogens with zero attached hydrogens (tertiary/aromatic N) is 3. The fourth-order valence-electron chi connectivity index (χ4n) is 6.33. The zero-order valence-electron chi connectivity index (χ0n) is 36.0. The molecule has 3 aromatic carbocycles. The highest BCUT2D eigenvalue weighted by molar-refractivity contribution is 5.74. The van der Waals surface area contributed by atoms with Gasteiger partial charge in [0.2, 0.25) is 0 Å². The molecule has 324 valence electrons. The van der Waals surface area contributed by atoms with Gasteiger partial charge in [0.1, 0.15) is 34.5 Å². The van der Waals surface area contributed by atoms with Crippen LogP contribution in [0.3, 0.4) is 0 Å². The lowest BCUT2D eigenvalue weighted by molar-refractivity contribution is -0.136. The lowest BCUT2D eigenvalue weighted by Crippen LogP contribution is -2.02. The van der Waals surface area contributed by atoms with Gasteiger partial charge in [0.25, 0.3) is 0 Å². The first kappa shape index (κ1) is 48.3. The molecule has 0 fully saturated rings. The summed E-state index contributed by atoms with van der Waals surface area (Å²) in [4.78, 5) is 23.5. The van der Waals surface area contributed by atoms with E-state index in [0.717, 1.165) is 38.5 Å². The topological polar surface area (TPSA) is 164 Å². The van der Waals surface area contributed by atoms with Crippen LogP contribution in [-0.2, 0) is 4.79 Å². The first-order valence-corrected chi connectivity index (χ1v) is 22.1. The maximum Gasteiger partial charge on any atom is 0.303 e. The van der Waals surface area contributed by atoms with Crippen molar-refractivity contribution in [3.05, 3.63) is 54.6 Å². The van der Waals surface area contributed by atoms with Gasteiger partial charge in [-0.25, -0.2) is 15.0 Å². The number of carboxylic acid groups (broad SMARTS) is 1. The summed E-state index contributed by atoms with van der Waals surface area (Å²) in [5.41, 5.74) is 1.09. The largest absolute Gasteiger partial charge is 0.507 e. The minimum absolute atomic E-state index is 0.0520. The number of unbranched alkanes of at least 4 members (excludes halogenated alkanes) is 15. The lowest BCUT2D eigenvalue weighted by atomic mass is 10.1. The van der Waals surface area contributed by atoms with Crippen LogP contribution in [0.25, 0.3) is 34.2 Å². The van der Waals surface area contributed by atoms with Crippen LogP contribution < -0.4 is 14.2 Å². The number of aliphatic carboxylic acids is 1. The Labute approximate surface area is 352 Å². The molecule has 59 heavy (non-hydrogen) atoms. The van der Waals surface area contributed by atoms with Crippen molar-refractivity contribution in [3.63, 3.8) is 0 Å². The Hall–Kier alpha value is -5.06. The molecule has 0 radical (unpaired) electrons. The Morgan fingerprint density at radius 2 is 0.695 bits per heavy atom. The van der Waals surface area contributed by atoms with Gasteiger partial charge >= 0.3 is 5.97 Å². The number of rotatable bonds is 28. The van der Waals surface area contributed by atoms with E-state index in [1.807, 2.05) is 0 Å². The highest BCUT2D eigenvalue weighted by Crippen LogP contribution is 2.38. The average Bonchev–Trinajstić information content (AvgIpc) is 3.23. The van der Waals surface area contributed by atoms with E-state index in [1.54, 1.807) is 61.5 Å². The predicted octanol–water partition coefficient (Wildman–Crippen LogP) is 12.7. The van der Waals surface area contributed by atoms with E-state index in [-0.39, 0.29) is 41.1 Å². The zero-order chi connectivity index (χ0) is 42.7. The van der Waals surface area contributed by atoms with Crippen LogP contribution in [0.5, 0.6) is 34.5 Å². The first-order chi connectivity index (χ1) is 28.7. The maximum atomic E-state index is 11.2. The number of phenols is 3. The van der Waals surface area contributed by atoms with Crippen LogP contribution in [0.4, 0.5) is 0 Å². The SMILES string of the molecule is CCC(=O)O.CCCCCCCCOc1ccc(-c2nc(-c3ccc(OCCCCCCCC)cc3O)nc(-c3ccc(OCCCCCCCC)cc3O)n2)c(O)c1. The van der Waals surface area contributed by atoms with E-state index in [4.69, 9.17) is 34.3 Å². The number of phenolic OH excluding ortho intramolecular Hbond substituents is 3. The molecule has 11 nitrogen and oxygen atoms in total. The lowest BCUT2D eigenvalue weighted by Gasteiger charge is -2.13. The molecule has 0 unspecified atom stereocenters. The number of hydrogen-bond donors (Lipinski definition) is 4. The molecule has 0 spiro atoms. The Balaban J connectivity index is 0.00000175. The van der Waals surface area contributed by atoms with Crippen LogP contribution in [0.15, 0.2) is 54.6 Å². The maximum absolute atomic E-state index is 11.2. The summed E-state index contributed by atoms with van der Waals surface area (Å²) in [7, 11) is 0. The number of carboxylic acids is 1. The summed E-state index contributed by atoms with van der Waals surface area (Å²) in [6.45, 7) is 9.94. The van der Waals surface area contributed by atoms with Crippen molar-refractivity contribution in [1.82, 2.24) is 15.0 Å². The third-order valence-electron chi connectivity index (χ3n) is 9.87. The summed E-state index contributed by atoms with van der Waals surface area (Å²) in [6.07, 6.45) is 21.1. The minimum Gasteiger partial charge on any atom is -0.507 e. The summed E-state index contributed by atoms with van der Waals surface area (Å²) >= 11 is 0. The Kier molecular flexibility index (Phi) is 23.2. The van der Waals surface area contributed by atoms with Gasteiger partial charge in [-0.3, -0.25) is 4.79 Å². The normalized spacial score (nSPS) is 10.8. The summed E-state index contributed by atoms with van der Waals surface area (Å²) in [5, 5.41) is 41.2. The number of hydrogen-bond acceptors (Lipinski definition) is 10. The summed E-state index contributed by atoms with van der Waals surface area (Å²) < 4.78 is 17.8. The van der Waals surface area contributed by atoms with Crippen molar-refractivity contribution in [2.24, 2.45) is 0 Å². The van der Waals surface area contributed by atoms with Crippen LogP contribution in [-0.4, -0.2) is 61.2 Å². The molecule has 4 N–H and O–H groups in total. The van der Waals surface area contributed by atoms with Crippen LogP contribution in [0.2, 0.25) is 0 Å². The third-order valence-corrected chi connectivity index (χ3v) is 9.87. The molecule has 0 saturated heterocycles. The van der Waals surface area contributed by atoms with Crippen LogP contribution >= 0.6 is 0 Å². The molecule has 4 aromatic rings. The standard InChI is InChI=1S/C45H63N3O6.C3H6O2/c1-4-7-10-13-16-19-28-52-34-22-25-37(40(49)31-34)43-46-44(38-26-23-35(32-41(38)50)53-29-20-17-14-11-8-5-2)48-45(47-43)39-27-24-36(33-42(39)51)54-30-21-18-15-12-9-6-3;1-2-3(4)5/h22-27,31-33,49-51H,4-21,28-30H2,1-3H3;2H2,1H3,(H,4,5). The Morgan fingerprint density at radius 3 is 0.932 bits per heavy atom. The van der Waals surface area contributed by atoms with E-state index < -0.39 is 5.97 Å². The fourth-order valence-corrected chi connectivity index (χ4v) is 6.33. The molecule has 0 saturated carbocycles. The van der Waals surface area contributed by atoms with E-state index in [1.165, 1.54) is 77.0 Å². The van der Waals surface area contributed by atoms with Gasteiger partial charge in [0, 0.05) is 24.6 Å². The Morgan fingerprint density at radius 1 is 0.441 bits per heavy atom. The van der Waals surface area contributed by atoms with Gasteiger partial charge in [-0.05, 0) is 55.7 Å². The molecule has 1 heterocycles. The number of ether oxygens (including phenoxy) is 3. The van der Waals surface area contributed by atoms with Crippen molar-refractivity contribution in [2.45, 2.75) is 150 Å². The van der Waals surface area contributed by atoms with E-state index in [0.29, 0.717) is 53.8 Å². The monoisotopic (exact) mass is 816 g/mol. The second kappa shape index (κ2) is 28.4. The molecule has 11 heteroatoms. The molecule has 0 bridgehead atoms. The van der Waals surface area contributed by atoms with Gasteiger partial charge in [0.05, 0.1) is 36.5 Å². The van der Waals surface area contributed by atoms with Gasteiger partial charge in [0.15, 0.2) is 17.5 Å². The van der Waals surface area contributed by atoms with Crippen LogP contribution in [0, 0.1) is 0 Å². The van der Waals surface area contributed by atoms with Gasteiger partial charge in [-0.2, -0.15) is 0 Å². The number of aromatic nitrogens is 3. The summed E-state index contributed by atoms with van der Waals surface area (Å²) in [5.74, 6) is 1.32. The molecule has 4 rings (SSSR count). The highest BCUT2D eigenvalue weighted by Gasteiger charge is 2.19. The summed E-state index contributed by atoms with van der Waals surface area (Å²) in [6, 6.07) is 15.2. The van der Waals surface area contributed by atoms with Gasteiger partial charge in [-0.1, -0.05) is 124 Å². The quantitative estimate of drug-likeness (QED) is 0.0403. The highest BCUT2D eigenvalue weighted by atomic mass is 16.5. The first-order valence-electron chi connectivity index (χ1n) is 22.1. The molecule has 0 aliphatic carbocycles. The van der Waals surface area contributed by atoms with E-state index >= 15 is 0 Å². The molecule has 0 aliphatic rings. The molecule has 0 amide bonds. The Bertz CT molecular complexity index is 1590. The van der Waals surface area contributed by atoms with E-state index in [2.05, 4.69) is 20.8 Å². The van der Waals surface area contributed by atoms with Crippen molar-refractivity contribution < 1.29 is 39.4 Å². The van der Waals surface area contributed by atoms with E-state index in [9.17, 15) is 20.1 Å². The molecule has 1 aromatic heterocycles. The van der Waals surface area contributed by atoms with Crippen LogP contribution in [0.1, 0.15) is 150 Å². The van der Waals surface area contributed by atoms with Crippen molar-refractivity contribution >= 4 is 5.97 Å². The fraction of sp³-hybridized carbons (Fsp3) is 0.542. The number of carbonyl (C=O) groups is 1. The number of aromatic hydroxyl groups is 3. The molecular weight excluding hydrogens is 747 g/mol. The minimum atomic E-state index is -0.745. The molecule has 0 atom stereocenters. The zero-order valence-corrected chi connectivity index (χ0v) is 36.0. The molecule has 0 aliphatic heterocycles.